The minimum absolute atomic E-state index is 0.444. The summed E-state index contributed by atoms with van der Waals surface area (Å²) < 4.78 is 37.2. The monoisotopic (exact) mass is 260 g/mol. The molecule has 0 fully saturated rings. The van der Waals surface area contributed by atoms with Crippen LogP contribution in [-0.2, 0) is 4.79 Å². The molecule has 6 N–H and O–H groups in total. The Hall–Kier alpha value is -0.900. The van der Waals surface area contributed by atoms with Gasteiger partial charge in [0.25, 0.3) is 0 Å². The van der Waals surface area contributed by atoms with Crippen LogP contribution in [0.1, 0.15) is 6.92 Å². The van der Waals surface area contributed by atoms with Crippen molar-refractivity contribution >= 4 is 5.91 Å². The van der Waals surface area contributed by atoms with Crippen LogP contribution in [-0.4, -0.2) is 58.3 Å². The smallest absolute Gasteiger partial charge is 0.394 e. The SMILES string of the molecule is CC(N)(C(=O)NC(CO)(CO)CO)C(F)(F)F. The average Bonchev–Trinajstić information content (AvgIpc) is 2.24. The van der Waals surface area contributed by atoms with Crippen molar-refractivity contribution in [3.05, 3.63) is 0 Å². The van der Waals surface area contributed by atoms with Gasteiger partial charge in [0.15, 0.2) is 5.54 Å². The van der Waals surface area contributed by atoms with Crippen LogP contribution in [0.4, 0.5) is 13.2 Å². The first-order valence-corrected chi connectivity index (χ1v) is 4.57. The number of aliphatic hydroxyl groups excluding tert-OH is 3. The number of aliphatic hydroxyl groups is 3. The third kappa shape index (κ3) is 3.28. The summed E-state index contributed by atoms with van der Waals surface area (Å²) in [5.41, 5.74) is -0.298. The number of amides is 1. The minimum atomic E-state index is -5.00. The van der Waals surface area contributed by atoms with Gasteiger partial charge < -0.3 is 26.4 Å². The van der Waals surface area contributed by atoms with Crippen molar-refractivity contribution in [2.24, 2.45) is 5.73 Å². The molecule has 6 nitrogen and oxygen atoms in total. The summed E-state index contributed by atoms with van der Waals surface area (Å²) in [6, 6.07) is 0. The predicted molar refractivity (Wildman–Crippen MR) is 50.8 cm³/mol. The fourth-order valence-corrected chi connectivity index (χ4v) is 0.768. The van der Waals surface area contributed by atoms with Gasteiger partial charge >= 0.3 is 6.18 Å². The first kappa shape index (κ1) is 16.1. The first-order chi connectivity index (χ1) is 7.56. The first-order valence-electron chi connectivity index (χ1n) is 4.57. The van der Waals surface area contributed by atoms with Gasteiger partial charge in [-0.05, 0) is 6.92 Å². The molecule has 9 heteroatoms. The number of alkyl halides is 3. The molecule has 0 aromatic heterocycles. The van der Waals surface area contributed by atoms with E-state index in [1.807, 2.05) is 0 Å². The standard InChI is InChI=1S/C8H15F3N2O4/c1-6(12,8(9,10)11)5(17)13-7(2-14,3-15)4-16/h14-16H,2-4,12H2,1H3,(H,13,17). The van der Waals surface area contributed by atoms with Crippen LogP contribution >= 0.6 is 0 Å². The van der Waals surface area contributed by atoms with E-state index >= 15 is 0 Å². The molecule has 1 atom stereocenters. The Kier molecular flexibility index (Phi) is 4.90. The number of hydrogen-bond donors (Lipinski definition) is 5. The van der Waals surface area contributed by atoms with Crippen molar-refractivity contribution in [3.63, 3.8) is 0 Å². The molecule has 0 saturated heterocycles. The zero-order valence-corrected chi connectivity index (χ0v) is 9.08. The number of carbonyl (C=O) groups is 1. The normalized spacial score (nSPS) is 16.5. The van der Waals surface area contributed by atoms with Crippen molar-refractivity contribution < 1.29 is 33.3 Å². The predicted octanol–water partition coefficient (Wildman–Crippen LogP) is -1.90. The van der Waals surface area contributed by atoms with Crippen molar-refractivity contribution in [3.8, 4) is 0 Å². The third-order valence-corrected chi connectivity index (χ3v) is 2.35. The van der Waals surface area contributed by atoms with E-state index in [2.05, 4.69) is 0 Å². The van der Waals surface area contributed by atoms with E-state index in [4.69, 9.17) is 21.1 Å². The van der Waals surface area contributed by atoms with E-state index in [0.29, 0.717) is 6.92 Å². The fourth-order valence-electron chi connectivity index (χ4n) is 0.768. The van der Waals surface area contributed by atoms with Gasteiger partial charge in [0.2, 0.25) is 5.91 Å². The molecule has 17 heavy (non-hydrogen) atoms. The van der Waals surface area contributed by atoms with Gasteiger partial charge in [-0.15, -0.1) is 0 Å². The summed E-state index contributed by atoms with van der Waals surface area (Å²) in [4.78, 5) is 11.3. The second-order valence-corrected chi connectivity index (χ2v) is 3.91. The van der Waals surface area contributed by atoms with Crippen LogP contribution < -0.4 is 11.1 Å². The van der Waals surface area contributed by atoms with Crippen LogP contribution in [0.15, 0.2) is 0 Å². The van der Waals surface area contributed by atoms with Gasteiger partial charge in [0.05, 0.1) is 19.8 Å². The van der Waals surface area contributed by atoms with Crippen LogP contribution in [0.5, 0.6) is 0 Å². The second kappa shape index (κ2) is 5.17. The maximum Gasteiger partial charge on any atom is 0.415 e. The van der Waals surface area contributed by atoms with E-state index < -0.39 is 43.0 Å². The van der Waals surface area contributed by atoms with Crippen LogP contribution in [0.25, 0.3) is 0 Å². The molecular formula is C8H15F3N2O4. The fraction of sp³-hybridized carbons (Fsp3) is 0.875. The van der Waals surface area contributed by atoms with E-state index in [0.717, 1.165) is 0 Å². The summed E-state index contributed by atoms with van der Waals surface area (Å²) in [7, 11) is 0. The molecule has 0 aromatic rings. The summed E-state index contributed by atoms with van der Waals surface area (Å²) in [6.45, 7) is -2.35. The Morgan fingerprint density at radius 1 is 1.18 bits per heavy atom. The van der Waals surface area contributed by atoms with Gasteiger partial charge in [0, 0.05) is 0 Å². The van der Waals surface area contributed by atoms with Crippen molar-refractivity contribution in [2.45, 2.75) is 24.2 Å². The Balaban J connectivity index is 4.97. The summed E-state index contributed by atoms with van der Waals surface area (Å²) in [6.07, 6.45) is -5.00. The average molecular weight is 260 g/mol. The van der Waals surface area contributed by atoms with E-state index in [1.54, 1.807) is 5.32 Å². The molecule has 0 aliphatic heterocycles. The lowest BCUT2D eigenvalue weighted by Crippen LogP contribution is -2.68. The summed E-state index contributed by atoms with van der Waals surface area (Å²) in [5, 5.41) is 28.2. The quantitative estimate of drug-likeness (QED) is 0.396. The molecule has 102 valence electrons. The minimum Gasteiger partial charge on any atom is -0.394 e. The molecule has 1 unspecified atom stereocenters. The summed E-state index contributed by atoms with van der Waals surface area (Å²) in [5.74, 6) is -1.65. The molecule has 0 saturated carbocycles. The lowest BCUT2D eigenvalue weighted by Gasteiger charge is -2.34. The number of nitrogens with one attached hydrogen (secondary N) is 1. The molecule has 0 heterocycles. The van der Waals surface area contributed by atoms with Crippen LogP contribution in [0.2, 0.25) is 0 Å². The van der Waals surface area contributed by atoms with Crippen molar-refractivity contribution in [2.75, 3.05) is 19.8 Å². The van der Waals surface area contributed by atoms with E-state index in [-0.39, 0.29) is 0 Å². The highest BCUT2D eigenvalue weighted by Crippen LogP contribution is 2.28. The lowest BCUT2D eigenvalue weighted by atomic mass is 9.97. The molecule has 0 aromatic carbocycles. The van der Waals surface area contributed by atoms with Crippen LogP contribution in [0, 0.1) is 0 Å². The van der Waals surface area contributed by atoms with Gasteiger partial charge in [0.1, 0.15) is 5.54 Å². The summed E-state index contributed by atoms with van der Waals surface area (Å²) >= 11 is 0. The van der Waals surface area contributed by atoms with Gasteiger partial charge in [-0.3, -0.25) is 4.79 Å². The van der Waals surface area contributed by atoms with Crippen molar-refractivity contribution in [1.29, 1.82) is 0 Å². The van der Waals surface area contributed by atoms with E-state index in [1.165, 1.54) is 0 Å². The molecule has 0 aliphatic rings. The Bertz CT molecular complexity index is 268. The molecular weight excluding hydrogens is 245 g/mol. The molecule has 0 rings (SSSR count). The highest BCUT2D eigenvalue weighted by molar-refractivity contribution is 5.87. The van der Waals surface area contributed by atoms with Gasteiger partial charge in [-0.1, -0.05) is 0 Å². The molecule has 0 radical (unpaired) electrons. The molecule has 0 aliphatic carbocycles. The van der Waals surface area contributed by atoms with Crippen molar-refractivity contribution in [1.82, 2.24) is 5.32 Å². The number of halogens is 3. The molecule has 0 spiro atoms. The highest BCUT2D eigenvalue weighted by atomic mass is 19.4. The Labute approximate surface area is 95.2 Å². The number of carbonyl (C=O) groups excluding carboxylic acids is 1. The largest absolute Gasteiger partial charge is 0.415 e. The molecule has 0 bridgehead atoms. The van der Waals surface area contributed by atoms with Gasteiger partial charge in [-0.2, -0.15) is 13.2 Å². The second-order valence-electron chi connectivity index (χ2n) is 3.91. The maximum absolute atomic E-state index is 12.4. The third-order valence-electron chi connectivity index (χ3n) is 2.35. The van der Waals surface area contributed by atoms with Crippen LogP contribution in [0.3, 0.4) is 0 Å². The maximum atomic E-state index is 12.4. The topological polar surface area (TPSA) is 116 Å². The Morgan fingerprint density at radius 2 is 1.53 bits per heavy atom. The zero-order valence-electron chi connectivity index (χ0n) is 9.08. The highest BCUT2D eigenvalue weighted by Gasteiger charge is 2.55. The lowest BCUT2D eigenvalue weighted by molar-refractivity contribution is -0.189. The number of hydrogen-bond acceptors (Lipinski definition) is 5. The number of rotatable bonds is 5. The molecule has 1 amide bonds. The van der Waals surface area contributed by atoms with Gasteiger partial charge in [-0.25, -0.2) is 0 Å². The Morgan fingerprint density at radius 3 is 1.76 bits per heavy atom. The zero-order chi connectivity index (χ0) is 13.9. The van der Waals surface area contributed by atoms with E-state index in [9.17, 15) is 18.0 Å². The number of nitrogens with two attached hydrogens (primary N) is 1.